The van der Waals surface area contributed by atoms with E-state index in [1.807, 2.05) is 30.3 Å². The van der Waals surface area contributed by atoms with Gasteiger partial charge in [-0.05, 0) is 12.1 Å². The van der Waals surface area contributed by atoms with Gasteiger partial charge in [0.15, 0.2) is 0 Å². The molecular formula is C18H22N4O4. The molecule has 0 spiro atoms. The first-order chi connectivity index (χ1) is 12.7. The van der Waals surface area contributed by atoms with Crippen LogP contribution in [0, 0.1) is 0 Å². The number of ether oxygens (including phenoxy) is 2. The highest BCUT2D eigenvalue weighted by Gasteiger charge is 2.38. The van der Waals surface area contributed by atoms with Gasteiger partial charge in [-0.3, -0.25) is 9.69 Å². The lowest BCUT2D eigenvalue weighted by Crippen LogP contribution is -2.40. The minimum atomic E-state index is -0.0871. The van der Waals surface area contributed by atoms with E-state index in [1.165, 1.54) is 6.92 Å². The number of benzene rings is 1. The number of nitrogens with one attached hydrogen (secondary N) is 1. The number of likely N-dealkylation sites (tertiary alicyclic amines) is 1. The van der Waals surface area contributed by atoms with Gasteiger partial charge in [0.1, 0.15) is 0 Å². The van der Waals surface area contributed by atoms with E-state index in [0.29, 0.717) is 31.5 Å². The van der Waals surface area contributed by atoms with E-state index in [9.17, 15) is 4.79 Å². The molecule has 3 heterocycles. The zero-order valence-corrected chi connectivity index (χ0v) is 14.6. The first kappa shape index (κ1) is 17.1. The number of nitrogens with zero attached hydrogens (tertiary/aromatic N) is 3. The van der Waals surface area contributed by atoms with Crippen LogP contribution in [0.5, 0.6) is 0 Å². The van der Waals surface area contributed by atoms with Crippen molar-refractivity contribution in [1.29, 1.82) is 0 Å². The van der Waals surface area contributed by atoms with Crippen LogP contribution in [0.4, 0.5) is 0 Å². The molecule has 1 aromatic carbocycles. The summed E-state index contributed by atoms with van der Waals surface area (Å²) >= 11 is 0. The van der Waals surface area contributed by atoms with Crippen LogP contribution in [-0.4, -0.2) is 65.6 Å². The van der Waals surface area contributed by atoms with Crippen molar-refractivity contribution < 1.29 is 18.7 Å². The lowest BCUT2D eigenvalue weighted by Gasteiger charge is -2.17. The number of amides is 1. The highest BCUT2D eigenvalue weighted by atomic mass is 16.6. The molecule has 8 heteroatoms. The highest BCUT2D eigenvalue weighted by Crippen LogP contribution is 2.23. The number of fused-ring (bicyclic) bond motifs is 1. The summed E-state index contributed by atoms with van der Waals surface area (Å²) in [7, 11) is 0. The standard InChI is InChI=1S/C18H22N4O4/c1-12(23)19-14-10-24-15-7-22(8-16(15)25-11-14)9-17-20-21-18(26-17)13-5-3-2-4-6-13/h2-6,14-16H,7-11H2,1H3,(H,19,23)/t15-,16-/m0/s1. The van der Waals surface area contributed by atoms with Gasteiger partial charge in [-0.25, -0.2) is 0 Å². The van der Waals surface area contributed by atoms with Gasteiger partial charge in [0.25, 0.3) is 0 Å². The second-order valence-electron chi connectivity index (χ2n) is 6.70. The number of rotatable bonds is 4. The Morgan fingerprint density at radius 1 is 1.15 bits per heavy atom. The molecule has 2 aliphatic heterocycles. The summed E-state index contributed by atoms with van der Waals surface area (Å²) in [6.45, 7) is 4.47. The predicted octanol–water partition coefficient (Wildman–Crippen LogP) is 0.841. The van der Waals surface area contributed by atoms with E-state index < -0.39 is 0 Å². The van der Waals surface area contributed by atoms with E-state index in [0.717, 1.165) is 18.7 Å². The van der Waals surface area contributed by atoms with Crippen LogP contribution in [0.15, 0.2) is 34.7 Å². The fourth-order valence-electron chi connectivity index (χ4n) is 3.37. The van der Waals surface area contributed by atoms with Crippen molar-refractivity contribution in [2.24, 2.45) is 0 Å². The molecule has 8 nitrogen and oxygen atoms in total. The molecule has 26 heavy (non-hydrogen) atoms. The van der Waals surface area contributed by atoms with Crippen LogP contribution in [0.3, 0.4) is 0 Å². The molecule has 138 valence electrons. The first-order valence-corrected chi connectivity index (χ1v) is 8.78. The number of hydrogen-bond donors (Lipinski definition) is 1. The quantitative estimate of drug-likeness (QED) is 0.866. The number of aromatic nitrogens is 2. The van der Waals surface area contributed by atoms with Crippen molar-refractivity contribution in [2.45, 2.75) is 31.7 Å². The average Bonchev–Trinajstić information content (AvgIpc) is 3.21. The van der Waals surface area contributed by atoms with Crippen LogP contribution in [-0.2, 0) is 20.8 Å². The first-order valence-electron chi connectivity index (χ1n) is 8.78. The third-order valence-electron chi connectivity index (χ3n) is 4.57. The van der Waals surface area contributed by atoms with Crippen LogP contribution >= 0.6 is 0 Å². The van der Waals surface area contributed by atoms with Crippen LogP contribution in [0.1, 0.15) is 12.8 Å². The molecule has 0 radical (unpaired) electrons. The Morgan fingerprint density at radius 2 is 1.85 bits per heavy atom. The van der Waals surface area contributed by atoms with E-state index in [1.54, 1.807) is 0 Å². The molecule has 2 aliphatic rings. The molecule has 0 aliphatic carbocycles. The maximum absolute atomic E-state index is 11.2. The normalized spacial score (nSPS) is 24.2. The second kappa shape index (κ2) is 7.53. The van der Waals surface area contributed by atoms with Gasteiger partial charge in [0, 0.05) is 25.6 Å². The third kappa shape index (κ3) is 3.92. The third-order valence-corrected chi connectivity index (χ3v) is 4.57. The molecule has 4 rings (SSSR count). The van der Waals surface area contributed by atoms with Crippen LogP contribution in [0.25, 0.3) is 11.5 Å². The molecule has 2 fully saturated rings. The molecule has 1 aromatic heterocycles. The van der Waals surface area contributed by atoms with Crippen LogP contribution in [0.2, 0.25) is 0 Å². The van der Waals surface area contributed by atoms with Crippen molar-refractivity contribution in [2.75, 3.05) is 26.3 Å². The summed E-state index contributed by atoms with van der Waals surface area (Å²) in [6.07, 6.45) is -0.0180. The molecule has 0 unspecified atom stereocenters. The van der Waals surface area contributed by atoms with Gasteiger partial charge in [-0.1, -0.05) is 18.2 Å². The van der Waals surface area contributed by atoms with Gasteiger partial charge in [-0.2, -0.15) is 0 Å². The van der Waals surface area contributed by atoms with Gasteiger partial charge in [-0.15, -0.1) is 10.2 Å². The van der Waals surface area contributed by atoms with Crippen molar-refractivity contribution in [3.63, 3.8) is 0 Å². The van der Waals surface area contributed by atoms with Crippen molar-refractivity contribution in [3.05, 3.63) is 36.2 Å². The average molecular weight is 358 g/mol. The smallest absolute Gasteiger partial charge is 0.247 e. The zero-order valence-electron chi connectivity index (χ0n) is 14.6. The van der Waals surface area contributed by atoms with Crippen molar-refractivity contribution >= 4 is 5.91 Å². The summed E-state index contributed by atoms with van der Waals surface area (Å²) in [5, 5.41) is 11.1. The Labute approximate surface area is 151 Å². The number of carbonyl (C=O) groups excluding carboxylic acids is 1. The molecule has 0 bridgehead atoms. The van der Waals surface area contributed by atoms with E-state index in [2.05, 4.69) is 20.4 Å². The highest BCUT2D eigenvalue weighted by molar-refractivity contribution is 5.73. The molecule has 0 saturated carbocycles. The van der Waals surface area contributed by atoms with Gasteiger partial charge in [0.2, 0.25) is 17.7 Å². The number of hydrogen-bond acceptors (Lipinski definition) is 7. The van der Waals surface area contributed by atoms with E-state index >= 15 is 0 Å². The van der Waals surface area contributed by atoms with E-state index in [-0.39, 0.29) is 24.2 Å². The molecule has 1 N–H and O–H groups in total. The summed E-state index contributed by atoms with van der Waals surface area (Å²) in [5.74, 6) is 1.04. The Morgan fingerprint density at radius 3 is 2.50 bits per heavy atom. The maximum atomic E-state index is 11.2. The summed E-state index contributed by atoms with van der Waals surface area (Å²) in [5.41, 5.74) is 0.911. The summed E-state index contributed by atoms with van der Waals surface area (Å²) in [6, 6.07) is 9.63. The largest absolute Gasteiger partial charge is 0.419 e. The SMILES string of the molecule is CC(=O)NC1CO[C@H]2CN(Cc3nnc(-c4ccccc4)o3)C[C@@H]2OC1. The topological polar surface area (TPSA) is 89.7 Å². The monoisotopic (exact) mass is 358 g/mol. The maximum Gasteiger partial charge on any atom is 0.247 e. The second-order valence-corrected chi connectivity index (χ2v) is 6.70. The minimum Gasteiger partial charge on any atom is -0.419 e. The van der Waals surface area contributed by atoms with Crippen LogP contribution < -0.4 is 5.32 Å². The van der Waals surface area contributed by atoms with Crippen molar-refractivity contribution in [3.8, 4) is 11.5 Å². The molecular weight excluding hydrogens is 336 g/mol. The zero-order chi connectivity index (χ0) is 17.9. The molecule has 2 aromatic rings. The molecule has 1 amide bonds. The lowest BCUT2D eigenvalue weighted by molar-refractivity contribution is -0.120. The van der Waals surface area contributed by atoms with Gasteiger partial charge < -0.3 is 19.2 Å². The molecule has 2 atom stereocenters. The minimum absolute atomic E-state index is 0.00901. The fraction of sp³-hybridized carbons (Fsp3) is 0.500. The lowest BCUT2D eigenvalue weighted by atomic mass is 10.2. The number of carbonyl (C=O) groups is 1. The van der Waals surface area contributed by atoms with Gasteiger partial charge >= 0.3 is 0 Å². The fourth-order valence-corrected chi connectivity index (χ4v) is 3.37. The Bertz CT molecular complexity index is 735. The van der Waals surface area contributed by atoms with E-state index in [4.69, 9.17) is 13.9 Å². The molecule has 2 saturated heterocycles. The summed E-state index contributed by atoms with van der Waals surface area (Å²) < 4.78 is 17.6. The van der Waals surface area contributed by atoms with Crippen molar-refractivity contribution in [1.82, 2.24) is 20.4 Å². The predicted molar refractivity (Wildman–Crippen MR) is 92.1 cm³/mol. The Kier molecular flexibility index (Phi) is 4.96. The summed E-state index contributed by atoms with van der Waals surface area (Å²) in [4.78, 5) is 13.4. The van der Waals surface area contributed by atoms with Gasteiger partial charge in [0.05, 0.1) is 38.0 Å². The Balaban J connectivity index is 1.33. The Hall–Kier alpha value is -2.29.